The molecular formula is C27H34O15. The summed E-state index contributed by atoms with van der Waals surface area (Å²) in [5, 5.41) is 74.2. The third-order valence-electron chi connectivity index (χ3n) is 7.67. The quantitative estimate of drug-likeness (QED) is 0.102. The number of aliphatic hydroxyl groups excluding tert-OH is 5. The summed E-state index contributed by atoms with van der Waals surface area (Å²) < 4.78 is 38.5. The van der Waals surface area contributed by atoms with Crippen LogP contribution in [0.4, 0.5) is 0 Å². The van der Waals surface area contributed by atoms with Gasteiger partial charge in [-0.2, -0.15) is 0 Å². The van der Waals surface area contributed by atoms with Gasteiger partial charge in [-0.15, -0.1) is 0 Å². The van der Waals surface area contributed by atoms with Crippen molar-refractivity contribution < 1.29 is 68.3 Å². The van der Waals surface area contributed by atoms with Crippen molar-refractivity contribution in [2.75, 3.05) is 33.0 Å². The molecule has 2 fully saturated rings. The molecule has 2 aliphatic rings. The number of benzene rings is 1. The van der Waals surface area contributed by atoms with Crippen molar-refractivity contribution in [2.24, 2.45) is 0 Å². The molecule has 8 unspecified atom stereocenters. The third-order valence-corrected chi connectivity index (χ3v) is 7.67. The number of aliphatic hydroxyl groups is 7. The predicted octanol–water partition coefficient (Wildman–Crippen LogP) is -1.66. The first kappa shape index (κ1) is 30.8. The second-order valence-corrected chi connectivity index (χ2v) is 11.1. The number of fused-ring (bicyclic) bond motifs is 2. The molecule has 0 saturated carbocycles. The summed E-state index contributed by atoms with van der Waals surface area (Å²) in [5.41, 5.74) is -3.85. The predicted molar refractivity (Wildman–Crippen MR) is 139 cm³/mol. The van der Waals surface area contributed by atoms with Gasteiger partial charge in [0.1, 0.15) is 43.7 Å². The van der Waals surface area contributed by atoms with Crippen LogP contribution >= 0.6 is 0 Å². The van der Waals surface area contributed by atoms with Crippen molar-refractivity contribution in [3.63, 3.8) is 0 Å². The summed E-state index contributed by atoms with van der Waals surface area (Å²) in [7, 11) is 0. The maximum absolute atomic E-state index is 11.9. The smallest absolute Gasteiger partial charge is 0.336 e. The second-order valence-electron chi connectivity index (χ2n) is 11.1. The van der Waals surface area contributed by atoms with Gasteiger partial charge in [0, 0.05) is 16.8 Å². The molecule has 0 aliphatic carbocycles. The minimum atomic E-state index is -2.34. The maximum Gasteiger partial charge on any atom is 0.336 e. The summed E-state index contributed by atoms with van der Waals surface area (Å²) in [6.45, 7) is 0.151. The van der Waals surface area contributed by atoms with E-state index in [-0.39, 0.29) is 16.9 Å². The van der Waals surface area contributed by atoms with Crippen LogP contribution in [0.25, 0.3) is 21.9 Å². The van der Waals surface area contributed by atoms with E-state index in [9.17, 15) is 40.5 Å². The first-order chi connectivity index (χ1) is 19.8. The number of hydrogen-bond acceptors (Lipinski definition) is 15. The van der Waals surface area contributed by atoms with E-state index in [1.165, 1.54) is 26.2 Å². The molecule has 4 heterocycles. The highest BCUT2D eigenvalue weighted by Gasteiger charge is 2.57. The molecule has 2 aliphatic heterocycles. The van der Waals surface area contributed by atoms with E-state index in [1.54, 1.807) is 18.2 Å². The van der Waals surface area contributed by atoms with Crippen LogP contribution in [0.3, 0.4) is 0 Å². The Morgan fingerprint density at radius 2 is 1.79 bits per heavy atom. The molecular weight excluding hydrogens is 564 g/mol. The lowest BCUT2D eigenvalue weighted by Crippen LogP contribution is -2.63. The molecule has 8 atom stereocenters. The highest BCUT2D eigenvalue weighted by Crippen LogP contribution is 2.36. The number of ether oxygens (including phenoxy) is 5. The maximum atomic E-state index is 11.9. The van der Waals surface area contributed by atoms with Crippen LogP contribution in [0, 0.1) is 0 Å². The van der Waals surface area contributed by atoms with E-state index in [0.29, 0.717) is 10.8 Å². The first-order valence-corrected chi connectivity index (χ1v) is 13.2. The summed E-state index contributed by atoms with van der Waals surface area (Å²) in [6, 6.07) is 6.27. The number of furan rings is 1. The van der Waals surface area contributed by atoms with Gasteiger partial charge in [-0.25, -0.2) is 4.79 Å². The van der Waals surface area contributed by atoms with Crippen molar-refractivity contribution in [1.82, 2.24) is 0 Å². The normalized spacial score (nSPS) is 32.9. The van der Waals surface area contributed by atoms with Gasteiger partial charge in [-0.1, -0.05) is 0 Å². The Morgan fingerprint density at radius 3 is 2.52 bits per heavy atom. The van der Waals surface area contributed by atoms with Crippen LogP contribution in [-0.4, -0.2) is 123 Å². The molecule has 15 nitrogen and oxygen atoms in total. The zero-order chi connectivity index (χ0) is 30.4. The molecule has 5 rings (SSSR count). The number of rotatable bonds is 10. The van der Waals surface area contributed by atoms with Gasteiger partial charge in [-0.05, 0) is 32.0 Å². The fraction of sp³-hybridized carbons (Fsp3) is 0.593. The van der Waals surface area contributed by atoms with E-state index < -0.39 is 92.5 Å². The molecule has 0 bridgehead atoms. The topological polar surface area (TPSA) is 231 Å². The van der Waals surface area contributed by atoms with Crippen LogP contribution in [0.2, 0.25) is 0 Å². The molecule has 7 N–H and O–H groups in total. The van der Waals surface area contributed by atoms with E-state index in [4.69, 9.17) is 32.5 Å². The van der Waals surface area contributed by atoms with Crippen molar-refractivity contribution in [3.05, 3.63) is 40.9 Å². The summed E-state index contributed by atoms with van der Waals surface area (Å²) in [4.78, 5) is 11.9. The van der Waals surface area contributed by atoms with Crippen LogP contribution in [0.5, 0.6) is 5.75 Å². The lowest BCUT2D eigenvalue weighted by Gasteiger charge is -2.44. The lowest BCUT2D eigenvalue weighted by atomic mass is 9.96. The summed E-state index contributed by atoms with van der Waals surface area (Å²) >= 11 is 0. The molecule has 2 aromatic heterocycles. The number of hydrogen-bond donors (Lipinski definition) is 7. The van der Waals surface area contributed by atoms with Crippen molar-refractivity contribution in [2.45, 2.75) is 67.6 Å². The second kappa shape index (κ2) is 11.4. The summed E-state index contributed by atoms with van der Waals surface area (Å²) in [6.07, 6.45) is -8.16. The van der Waals surface area contributed by atoms with Crippen LogP contribution in [0.1, 0.15) is 13.8 Å². The highest BCUT2D eigenvalue weighted by atomic mass is 16.7. The van der Waals surface area contributed by atoms with Crippen molar-refractivity contribution >= 4 is 21.9 Å². The largest absolute Gasteiger partial charge is 0.483 e. The van der Waals surface area contributed by atoms with Gasteiger partial charge < -0.3 is 68.3 Å². The highest BCUT2D eigenvalue weighted by molar-refractivity contribution is 5.99. The Labute approximate surface area is 238 Å². The minimum absolute atomic E-state index is 0.0846. The van der Waals surface area contributed by atoms with Crippen molar-refractivity contribution in [1.29, 1.82) is 0 Å². The average molecular weight is 599 g/mol. The van der Waals surface area contributed by atoms with Gasteiger partial charge >= 0.3 is 5.63 Å². The SMILES string of the molecule is CC(C)(OC1OC(COC2(O)COCC2(O)CO)C(O)C(O)C1O)C(O)COc1c2occc2cc2ccc(=O)oc12. The van der Waals surface area contributed by atoms with E-state index >= 15 is 0 Å². The van der Waals surface area contributed by atoms with Gasteiger partial charge in [0.05, 0.1) is 31.7 Å². The fourth-order valence-electron chi connectivity index (χ4n) is 4.80. The zero-order valence-electron chi connectivity index (χ0n) is 22.8. The third kappa shape index (κ3) is 5.54. The molecule has 232 valence electrons. The van der Waals surface area contributed by atoms with Crippen LogP contribution in [-0.2, 0) is 18.9 Å². The van der Waals surface area contributed by atoms with Crippen LogP contribution in [0.15, 0.2) is 44.2 Å². The molecule has 0 radical (unpaired) electrons. The molecule has 0 amide bonds. The van der Waals surface area contributed by atoms with Gasteiger partial charge in [0.2, 0.25) is 11.5 Å². The lowest BCUT2D eigenvalue weighted by molar-refractivity contribution is -0.349. The molecule has 15 heteroatoms. The Bertz CT molecular complexity index is 1450. The minimum Gasteiger partial charge on any atom is -0.483 e. The van der Waals surface area contributed by atoms with E-state index in [1.807, 2.05) is 0 Å². The first-order valence-electron chi connectivity index (χ1n) is 13.2. The fourth-order valence-corrected chi connectivity index (χ4v) is 4.80. The Morgan fingerprint density at radius 1 is 1.05 bits per heavy atom. The van der Waals surface area contributed by atoms with Gasteiger partial charge in [0.15, 0.2) is 23.1 Å². The van der Waals surface area contributed by atoms with E-state index in [0.717, 1.165) is 0 Å². The standard InChI is InChI=1S/C27H34O15/c1-25(2,16(29)9-38-23-21-14(5-6-37-21)7-13-3-4-17(30)41-22(13)23)42-24-20(33)19(32)18(31)15(40-24)8-39-27(35)12-36-11-26(27,34)10-28/h3-7,15-16,18-20,24,28-29,31-35H,8-12H2,1-2H3. The zero-order valence-corrected chi connectivity index (χ0v) is 22.8. The molecule has 0 spiro atoms. The Hall–Kier alpha value is -2.67. The average Bonchev–Trinajstić information content (AvgIpc) is 3.54. The molecule has 2 saturated heterocycles. The molecule has 3 aromatic rings. The van der Waals surface area contributed by atoms with E-state index in [2.05, 4.69) is 0 Å². The Kier molecular flexibility index (Phi) is 8.38. The summed E-state index contributed by atoms with van der Waals surface area (Å²) in [5.74, 6) is -2.25. The van der Waals surface area contributed by atoms with Gasteiger partial charge in [0.25, 0.3) is 0 Å². The van der Waals surface area contributed by atoms with Crippen LogP contribution < -0.4 is 10.4 Å². The Balaban J connectivity index is 1.28. The van der Waals surface area contributed by atoms with Crippen molar-refractivity contribution in [3.8, 4) is 5.75 Å². The van der Waals surface area contributed by atoms with Gasteiger partial charge in [-0.3, -0.25) is 0 Å². The monoisotopic (exact) mass is 598 g/mol. The molecule has 42 heavy (non-hydrogen) atoms. The molecule has 1 aromatic carbocycles.